The maximum Gasteiger partial charge on any atom is 0.00123 e. The summed E-state index contributed by atoms with van der Waals surface area (Å²) in [6.07, 6.45) is 9.96. The maximum atomic E-state index is 5.53. The van der Waals surface area contributed by atoms with Crippen molar-refractivity contribution in [3.8, 4) is 0 Å². The van der Waals surface area contributed by atoms with Crippen molar-refractivity contribution in [3.63, 3.8) is 0 Å². The van der Waals surface area contributed by atoms with Crippen molar-refractivity contribution in [1.82, 2.24) is 4.90 Å². The molecule has 0 spiro atoms. The normalized spacial score (nSPS) is 32.6. The van der Waals surface area contributed by atoms with Crippen LogP contribution in [0.1, 0.15) is 44.9 Å². The number of fused-ring (bicyclic) bond motifs is 1. The third-order valence-electron chi connectivity index (χ3n) is 4.30. The first-order valence-corrected chi connectivity index (χ1v) is 6.82. The quantitative estimate of drug-likeness (QED) is 0.721. The van der Waals surface area contributed by atoms with Crippen LogP contribution in [0.4, 0.5) is 0 Å². The molecule has 1 saturated heterocycles. The van der Waals surface area contributed by atoms with Gasteiger partial charge in [-0.25, -0.2) is 0 Å². The van der Waals surface area contributed by atoms with E-state index >= 15 is 0 Å². The zero-order chi connectivity index (χ0) is 10.5. The summed E-state index contributed by atoms with van der Waals surface area (Å²) in [4.78, 5) is 2.68. The number of rotatable bonds is 4. The zero-order valence-corrected chi connectivity index (χ0v) is 9.96. The molecule has 1 saturated carbocycles. The minimum Gasteiger partial charge on any atom is -0.330 e. The molecule has 2 N–H and O–H groups in total. The van der Waals surface area contributed by atoms with Gasteiger partial charge in [-0.15, -0.1) is 0 Å². The van der Waals surface area contributed by atoms with E-state index in [-0.39, 0.29) is 0 Å². The summed E-state index contributed by atoms with van der Waals surface area (Å²) in [5.41, 5.74) is 5.53. The fraction of sp³-hybridized carbons (Fsp3) is 1.00. The van der Waals surface area contributed by atoms with Gasteiger partial charge in [-0.3, -0.25) is 0 Å². The van der Waals surface area contributed by atoms with E-state index in [0.29, 0.717) is 0 Å². The standard InChI is InChI=1S/C13H26N2/c14-8-3-4-9-15-10-7-12-5-1-2-6-13(12)11-15/h12-13H,1-11,14H2. The van der Waals surface area contributed by atoms with Gasteiger partial charge in [0.1, 0.15) is 0 Å². The third-order valence-corrected chi connectivity index (χ3v) is 4.30. The lowest BCUT2D eigenvalue weighted by Gasteiger charge is -2.41. The predicted molar refractivity (Wildman–Crippen MR) is 64.8 cm³/mol. The maximum absolute atomic E-state index is 5.53. The minimum atomic E-state index is 0.861. The van der Waals surface area contributed by atoms with Crippen LogP contribution in [0.5, 0.6) is 0 Å². The van der Waals surface area contributed by atoms with Crippen molar-refractivity contribution in [3.05, 3.63) is 0 Å². The molecular formula is C13H26N2. The first-order valence-electron chi connectivity index (χ1n) is 6.82. The molecule has 0 radical (unpaired) electrons. The summed E-state index contributed by atoms with van der Waals surface area (Å²) in [5, 5.41) is 0. The Morgan fingerprint density at radius 2 is 1.80 bits per heavy atom. The lowest BCUT2D eigenvalue weighted by molar-refractivity contribution is 0.0859. The van der Waals surface area contributed by atoms with E-state index in [1.165, 1.54) is 64.6 Å². The van der Waals surface area contributed by atoms with Crippen molar-refractivity contribution in [2.75, 3.05) is 26.2 Å². The van der Waals surface area contributed by atoms with Gasteiger partial charge >= 0.3 is 0 Å². The van der Waals surface area contributed by atoms with Crippen molar-refractivity contribution < 1.29 is 0 Å². The Kier molecular flexibility index (Phi) is 4.45. The smallest absolute Gasteiger partial charge is 0.00123 e. The number of piperidine rings is 1. The number of nitrogens with two attached hydrogens (primary N) is 1. The first-order chi connectivity index (χ1) is 7.40. The van der Waals surface area contributed by atoms with Crippen molar-refractivity contribution in [1.29, 1.82) is 0 Å². The Balaban J connectivity index is 1.71. The summed E-state index contributed by atoms with van der Waals surface area (Å²) in [5.74, 6) is 2.11. The summed E-state index contributed by atoms with van der Waals surface area (Å²) in [6, 6.07) is 0. The van der Waals surface area contributed by atoms with Crippen LogP contribution >= 0.6 is 0 Å². The van der Waals surface area contributed by atoms with Crippen LogP contribution in [-0.2, 0) is 0 Å². The lowest BCUT2D eigenvalue weighted by atomic mass is 9.75. The molecule has 0 amide bonds. The Hall–Kier alpha value is -0.0800. The molecule has 15 heavy (non-hydrogen) atoms. The number of likely N-dealkylation sites (tertiary alicyclic amines) is 1. The molecule has 88 valence electrons. The lowest BCUT2D eigenvalue weighted by Crippen LogP contribution is -2.42. The van der Waals surface area contributed by atoms with E-state index < -0.39 is 0 Å². The van der Waals surface area contributed by atoms with Crippen molar-refractivity contribution in [2.45, 2.75) is 44.9 Å². The third kappa shape index (κ3) is 3.18. The van der Waals surface area contributed by atoms with E-state index in [0.717, 1.165) is 18.4 Å². The number of nitrogens with zero attached hydrogens (tertiary/aromatic N) is 1. The number of hydrogen-bond acceptors (Lipinski definition) is 2. The average Bonchev–Trinajstić information content (AvgIpc) is 2.29. The molecule has 2 nitrogen and oxygen atoms in total. The molecule has 0 aromatic rings. The molecule has 0 aromatic heterocycles. The highest BCUT2D eigenvalue weighted by Gasteiger charge is 2.30. The van der Waals surface area contributed by atoms with Crippen LogP contribution in [0.25, 0.3) is 0 Å². The molecule has 1 aliphatic carbocycles. The fourth-order valence-electron chi connectivity index (χ4n) is 3.36. The van der Waals surface area contributed by atoms with E-state index in [1.54, 1.807) is 0 Å². The first kappa shape index (κ1) is 11.4. The predicted octanol–water partition coefficient (Wildman–Crippen LogP) is 2.24. The molecule has 0 bridgehead atoms. The Morgan fingerprint density at radius 3 is 2.60 bits per heavy atom. The van der Waals surface area contributed by atoms with Crippen LogP contribution in [0.15, 0.2) is 0 Å². The second-order valence-corrected chi connectivity index (χ2v) is 5.39. The van der Waals surface area contributed by atoms with E-state index in [9.17, 15) is 0 Å². The van der Waals surface area contributed by atoms with Gasteiger partial charge in [0.2, 0.25) is 0 Å². The van der Waals surface area contributed by atoms with Gasteiger partial charge in [-0.2, -0.15) is 0 Å². The van der Waals surface area contributed by atoms with Crippen LogP contribution in [0.3, 0.4) is 0 Å². The largest absolute Gasteiger partial charge is 0.330 e. The van der Waals surface area contributed by atoms with Gasteiger partial charge in [0.15, 0.2) is 0 Å². The molecule has 1 aliphatic heterocycles. The minimum absolute atomic E-state index is 0.861. The van der Waals surface area contributed by atoms with E-state index in [1.807, 2.05) is 0 Å². The average molecular weight is 210 g/mol. The van der Waals surface area contributed by atoms with Gasteiger partial charge in [0, 0.05) is 6.54 Å². The molecule has 2 rings (SSSR count). The Morgan fingerprint density at radius 1 is 1.00 bits per heavy atom. The molecule has 2 aliphatic rings. The molecule has 2 atom stereocenters. The SMILES string of the molecule is NCCCCN1CCC2CCCCC2C1. The summed E-state index contributed by atoms with van der Waals surface area (Å²) in [7, 11) is 0. The highest BCUT2D eigenvalue weighted by Crippen LogP contribution is 2.35. The van der Waals surface area contributed by atoms with Crippen LogP contribution in [-0.4, -0.2) is 31.1 Å². The monoisotopic (exact) mass is 210 g/mol. The number of hydrogen-bond donors (Lipinski definition) is 1. The van der Waals surface area contributed by atoms with Gasteiger partial charge in [-0.1, -0.05) is 19.3 Å². The van der Waals surface area contributed by atoms with Gasteiger partial charge < -0.3 is 10.6 Å². The second-order valence-electron chi connectivity index (χ2n) is 5.39. The van der Waals surface area contributed by atoms with Crippen LogP contribution in [0.2, 0.25) is 0 Å². The molecule has 0 aromatic carbocycles. The van der Waals surface area contributed by atoms with Crippen LogP contribution in [0, 0.1) is 11.8 Å². The summed E-state index contributed by atoms with van der Waals surface area (Å²) in [6.45, 7) is 4.89. The molecule has 2 unspecified atom stereocenters. The molecule has 2 fully saturated rings. The molecule has 1 heterocycles. The molecule has 2 heteroatoms. The second kappa shape index (κ2) is 5.86. The zero-order valence-electron chi connectivity index (χ0n) is 9.96. The van der Waals surface area contributed by atoms with Gasteiger partial charge in [0.25, 0.3) is 0 Å². The fourth-order valence-corrected chi connectivity index (χ4v) is 3.36. The van der Waals surface area contributed by atoms with Crippen molar-refractivity contribution in [2.24, 2.45) is 17.6 Å². The van der Waals surface area contributed by atoms with E-state index in [4.69, 9.17) is 5.73 Å². The van der Waals surface area contributed by atoms with Crippen LogP contribution < -0.4 is 5.73 Å². The summed E-state index contributed by atoms with van der Waals surface area (Å²) < 4.78 is 0. The Labute approximate surface area is 94.2 Å². The van der Waals surface area contributed by atoms with E-state index in [2.05, 4.69) is 4.90 Å². The molecular weight excluding hydrogens is 184 g/mol. The Bertz CT molecular complexity index is 179. The highest BCUT2D eigenvalue weighted by molar-refractivity contribution is 4.83. The van der Waals surface area contributed by atoms with Crippen molar-refractivity contribution >= 4 is 0 Å². The highest BCUT2D eigenvalue weighted by atomic mass is 15.1. The topological polar surface area (TPSA) is 29.3 Å². The van der Waals surface area contributed by atoms with Gasteiger partial charge in [0.05, 0.1) is 0 Å². The summed E-state index contributed by atoms with van der Waals surface area (Å²) >= 11 is 0. The van der Waals surface area contributed by atoms with Gasteiger partial charge in [-0.05, 0) is 57.2 Å². The number of unbranched alkanes of at least 4 members (excludes halogenated alkanes) is 1.